The zero-order chi connectivity index (χ0) is 19.9. The lowest BCUT2D eigenvalue weighted by molar-refractivity contribution is -0.119. The molecule has 1 heterocycles. The highest BCUT2D eigenvalue weighted by molar-refractivity contribution is 6.09. The van der Waals surface area contributed by atoms with Gasteiger partial charge in [0.05, 0.1) is 11.3 Å². The van der Waals surface area contributed by atoms with Gasteiger partial charge < -0.3 is 15.5 Å². The fraction of sp³-hybridized carbons (Fsp3) is 0.318. The molecule has 3 rings (SSSR count). The molecule has 1 saturated heterocycles. The predicted molar refractivity (Wildman–Crippen MR) is 108 cm³/mol. The molecule has 0 aliphatic carbocycles. The van der Waals surface area contributed by atoms with Gasteiger partial charge in [-0.1, -0.05) is 24.3 Å². The Morgan fingerprint density at radius 1 is 0.929 bits per heavy atom. The van der Waals surface area contributed by atoms with Gasteiger partial charge in [-0.25, -0.2) is 0 Å². The van der Waals surface area contributed by atoms with Crippen LogP contribution in [0.25, 0.3) is 0 Å². The summed E-state index contributed by atoms with van der Waals surface area (Å²) in [6.45, 7) is 3.41. The molecule has 3 amide bonds. The van der Waals surface area contributed by atoms with Crippen LogP contribution in [0.15, 0.2) is 48.5 Å². The Hall–Kier alpha value is -3.15. The summed E-state index contributed by atoms with van der Waals surface area (Å²) in [7, 11) is 0. The first-order valence-corrected chi connectivity index (χ1v) is 9.57. The molecule has 6 heteroatoms. The Labute approximate surface area is 164 Å². The lowest BCUT2D eigenvalue weighted by Crippen LogP contribution is -2.36. The maximum absolute atomic E-state index is 12.9. The first-order valence-electron chi connectivity index (χ1n) is 9.57. The van der Waals surface area contributed by atoms with Crippen molar-refractivity contribution >= 4 is 23.4 Å². The Morgan fingerprint density at radius 2 is 1.61 bits per heavy atom. The van der Waals surface area contributed by atoms with Crippen molar-refractivity contribution in [2.24, 2.45) is 0 Å². The molecule has 28 heavy (non-hydrogen) atoms. The summed E-state index contributed by atoms with van der Waals surface area (Å²) in [5, 5.41) is 5.58. The Balaban J connectivity index is 1.70. The highest BCUT2D eigenvalue weighted by atomic mass is 16.2. The highest BCUT2D eigenvalue weighted by Crippen LogP contribution is 2.21. The number of amides is 3. The van der Waals surface area contributed by atoms with Crippen LogP contribution in [0, 0.1) is 0 Å². The quantitative estimate of drug-likeness (QED) is 0.837. The van der Waals surface area contributed by atoms with E-state index in [1.165, 1.54) is 6.92 Å². The second-order valence-corrected chi connectivity index (χ2v) is 6.96. The van der Waals surface area contributed by atoms with Crippen molar-refractivity contribution in [2.75, 3.05) is 18.4 Å². The van der Waals surface area contributed by atoms with Crippen LogP contribution in [0.5, 0.6) is 0 Å². The normalized spacial score (nSPS) is 13.7. The molecular formula is C22H25N3O3. The van der Waals surface area contributed by atoms with Crippen LogP contribution >= 0.6 is 0 Å². The van der Waals surface area contributed by atoms with E-state index in [4.69, 9.17) is 0 Å². The van der Waals surface area contributed by atoms with Gasteiger partial charge in [0.15, 0.2) is 0 Å². The average molecular weight is 379 g/mol. The number of carbonyl (C=O) groups excluding carboxylic acids is 3. The summed E-state index contributed by atoms with van der Waals surface area (Å²) in [6, 6.07) is 14.1. The second kappa shape index (κ2) is 9.17. The SMILES string of the molecule is CC(=O)NCc1ccc(C(=O)Nc2ccccc2C(=O)N2CCCCC2)cc1. The fourth-order valence-corrected chi connectivity index (χ4v) is 3.24. The minimum absolute atomic E-state index is 0.0405. The van der Waals surface area contributed by atoms with E-state index >= 15 is 0 Å². The molecule has 1 fully saturated rings. The molecule has 0 unspecified atom stereocenters. The van der Waals surface area contributed by atoms with Gasteiger partial charge in [0.25, 0.3) is 11.8 Å². The maximum atomic E-state index is 12.9. The van der Waals surface area contributed by atoms with Crippen molar-refractivity contribution in [1.82, 2.24) is 10.2 Å². The molecule has 0 atom stereocenters. The molecule has 2 aromatic carbocycles. The number of nitrogens with one attached hydrogen (secondary N) is 2. The van der Waals surface area contributed by atoms with Crippen LogP contribution in [-0.2, 0) is 11.3 Å². The highest BCUT2D eigenvalue weighted by Gasteiger charge is 2.21. The third-order valence-corrected chi connectivity index (χ3v) is 4.81. The van der Waals surface area contributed by atoms with Crippen LogP contribution in [0.2, 0.25) is 0 Å². The zero-order valence-electron chi connectivity index (χ0n) is 16.0. The standard InChI is InChI=1S/C22H25N3O3/c1-16(26)23-15-17-9-11-18(12-10-17)21(27)24-20-8-4-3-7-19(20)22(28)25-13-5-2-6-14-25/h3-4,7-12H,2,5-6,13-15H2,1H3,(H,23,26)(H,24,27). The predicted octanol–water partition coefficient (Wildman–Crippen LogP) is 3.20. The molecular weight excluding hydrogens is 354 g/mol. The molecule has 1 aliphatic rings. The number of benzene rings is 2. The Morgan fingerprint density at radius 3 is 2.29 bits per heavy atom. The van der Waals surface area contributed by atoms with E-state index < -0.39 is 0 Å². The third-order valence-electron chi connectivity index (χ3n) is 4.81. The fourth-order valence-electron chi connectivity index (χ4n) is 3.24. The number of likely N-dealkylation sites (tertiary alicyclic amines) is 1. The van der Waals surface area contributed by atoms with Gasteiger partial charge in [0, 0.05) is 32.1 Å². The molecule has 0 spiro atoms. The first-order chi connectivity index (χ1) is 13.5. The number of rotatable bonds is 5. The van der Waals surface area contributed by atoms with Crippen LogP contribution in [-0.4, -0.2) is 35.7 Å². The number of carbonyl (C=O) groups is 3. The van der Waals surface area contributed by atoms with Gasteiger partial charge in [0.2, 0.25) is 5.91 Å². The molecule has 1 aliphatic heterocycles. The molecule has 0 radical (unpaired) electrons. The lowest BCUT2D eigenvalue weighted by atomic mass is 10.1. The number of hydrogen-bond acceptors (Lipinski definition) is 3. The Bertz CT molecular complexity index is 856. The van der Waals surface area contributed by atoms with E-state index in [1.807, 2.05) is 11.0 Å². The van der Waals surface area contributed by atoms with Crippen LogP contribution in [0.3, 0.4) is 0 Å². The molecule has 2 N–H and O–H groups in total. The maximum Gasteiger partial charge on any atom is 0.255 e. The summed E-state index contributed by atoms with van der Waals surface area (Å²) in [4.78, 5) is 38.3. The van der Waals surface area contributed by atoms with E-state index in [-0.39, 0.29) is 17.7 Å². The van der Waals surface area contributed by atoms with Gasteiger partial charge >= 0.3 is 0 Å². The van der Waals surface area contributed by atoms with Crippen molar-refractivity contribution in [2.45, 2.75) is 32.7 Å². The second-order valence-electron chi connectivity index (χ2n) is 6.96. The summed E-state index contributed by atoms with van der Waals surface area (Å²) >= 11 is 0. The molecule has 2 aromatic rings. The topological polar surface area (TPSA) is 78.5 Å². The minimum Gasteiger partial charge on any atom is -0.352 e. The number of nitrogens with zero attached hydrogens (tertiary/aromatic N) is 1. The van der Waals surface area contributed by atoms with E-state index in [9.17, 15) is 14.4 Å². The van der Waals surface area contributed by atoms with Gasteiger partial charge in [-0.15, -0.1) is 0 Å². The van der Waals surface area contributed by atoms with Crippen LogP contribution < -0.4 is 10.6 Å². The van der Waals surface area contributed by atoms with Gasteiger partial charge in [-0.3, -0.25) is 14.4 Å². The van der Waals surface area contributed by atoms with E-state index in [2.05, 4.69) is 10.6 Å². The third kappa shape index (κ3) is 4.97. The first kappa shape index (κ1) is 19.6. The summed E-state index contributed by atoms with van der Waals surface area (Å²) in [6.07, 6.45) is 3.19. The van der Waals surface area contributed by atoms with Crippen molar-refractivity contribution in [1.29, 1.82) is 0 Å². The largest absolute Gasteiger partial charge is 0.352 e. The average Bonchev–Trinajstić information content (AvgIpc) is 2.73. The summed E-state index contributed by atoms with van der Waals surface area (Å²) < 4.78 is 0. The smallest absolute Gasteiger partial charge is 0.255 e. The van der Waals surface area contributed by atoms with E-state index in [0.29, 0.717) is 23.4 Å². The lowest BCUT2D eigenvalue weighted by Gasteiger charge is -2.27. The zero-order valence-corrected chi connectivity index (χ0v) is 16.0. The number of hydrogen-bond donors (Lipinski definition) is 2. The summed E-state index contributed by atoms with van der Waals surface area (Å²) in [5.74, 6) is -0.414. The Kier molecular flexibility index (Phi) is 6.42. The number of anilines is 1. The van der Waals surface area contributed by atoms with Crippen molar-refractivity contribution in [3.8, 4) is 0 Å². The van der Waals surface area contributed by atoms with E-state index in [0.717, 1.165) is 37.9 Å². The van der Waals surface area contributed by atoms with Crippen LogP contribution in [0.1, 0.15) is 52.5 Å². The van der Waals surface area contributed by atoms with Gasteiger partial charge in [-0.05, 0) is 49.1 Å². The van der Waals surface area contributed by atoms with E-state index in [1.54, 1.807) is 42.5 Å². The monoisotopic (exact) mass is 379 g/mol. The molecule has 6 nitrogen and oxygen atoms in total. The molecule has 0 saturated carbocycles. The summed E-state index contributed by atoms with van der Waals surface area (Å²) in [5.41, 5.74) is 2.43. The number of piperidine rings is 1. The van der Waals surface area contributed by atoms with Gasteiger partial charge in [-0.2, -0.15) is 0 Å². The minimum atomic E-state index is -0.273. The van der Waals surface area contributed by atoms with Crippen molar-refractivity contribution < 1.29 is 14.4 Å². The molecule has 0 aromatic heterocycles. The van der Waals surface area contributed by atoms with Crippen molar-refractivity contribution in [3.05, 3.63) is 65.2 Å². The van der Waals surface area contributed by atoms with Crippen LogP contribution in [0.4, 0.5) is 5.69 Å². The number of para-hydroxylation sites is 1. The molecule has 0 bridgehead atoms. The molecule has 146 valence electrons. The van der Waals surface area contributed by atoms with Crippen molar-refractivity contribution in [3.63, 3.8) is 0 Å². The van der Waals surface area contributed by atoms with Gasteiger partial charge in [0.1, 0.15) is 0 Å².